The fourth-order valence-electron chi connectivity index (χ4n) is 3.53. The summed E-state index contributed by atoms with van der Waals surface area (Å²) >= 11 is 0. The van der Waals surface area contributed by atoms with Crippen LogP contribution in [0.4, 0.5) is 0 Å². The lowest BCUT2D eigenvalue weighted by Crippen LogP contribution is -2.37. The Hall–Kier alpha value is -2.45. The second kappa shape index (κ2) is 9.84. The molecule has 1 fully saturated rings. The summed E-state index contributed by atoms with van der Waals surface area (Å²) in [4.78, 5) is 16.2. The van der Waals surface area contributed by atoms with Gasteiger partial charge in [0.15, 0.2) is 5.03 Å². The van der Waals surface area contributed by atoms with Gasteiger partial charge in [-0.1, -0.05) is 19.3 Å². The van der Waals surface area contributed by atoms with Gasteiger partial charge in [-0.2, -0.15) is 0 Å². The molecule has 1 aromatic heterocycles. The Morgan fingerprint density at radius 1 is 1.14 bits per heavy atom. The molecule has 0 bridgehead atoms. The van der Waals surface area contributed by atoms with E-state index in [1.54, 1.807) is 18.2 Å². The minimum Gasteiger partial charge on any atom is -0.497 e. The van der Waals surface area contributed by atoms with E-state index in [1.165, 1.54) is 50.8 Å². The number of amides is 1. The highest BCUT2D eigenvalue weighted by Gasteiger charge is 2.20. The minimum absolute atomic E-state index is 0.0305. The molecule has 156 valence electrons. The van der Waals surface area contributed by atoms with E-state index < -0.39 is 9.84 Å². The number of carbonyl (C=O) groups excluding carboxylic acids is 1. The predicted molar refractivity (Wildman–Crippen MR) is 109 cm³/mol. The maximum Gasteiger partial charge on any atom is 0.234 e. The van der Waals surface area contributed by atoms with Crippen molar-refractivity contribution >= 4 is 15.7 Å². The molecule has 1 aliphatic carbocycles. The molecule has 2 N–H and O–H groups in total. The molecule has 8 heteroatoms. The van der Waals surface area contributed by atoms with Gasteiger partial charge in [-0.25, -0.2) is 18.8 Å². The molecule has 0 aliphatic heterocycles. The molecule has 3 rings (SSSR count). The van der Waals surface area contributed by atoms with Crippen molar-refractivity contribution in [3.05, 3.63) is 48.2 Å². The highest BCUT2D eigenvalue weighted by atomic mass is 32.2. The summed E-state index contributed by atoms with van der Waals surface area (Å²) in [5.74, 6) is 1.02. The summed E-state index contributed by atoms with van der Waals surface area (Å²) in [7, 11) is -2.21. The quantitative estimate of drug-likeness (QED) is 0.641. The molecule has 0 unspecified atom stereocenters. The van der Waals surface area contributed by atoms with E-state index in [0.717, 1.165) is 12.8 Å². The zero-order valence-corrected chi connectivity index (χ0v) is 17.4. The van der Waals surface area contributed by atoms with Crippen molar-refractivity contribution in [1.29, 1.82) is 0 Å². The van der Waals surface area contributed by atoms with Crippen molar-refractivity contribution in [3.63, 3.8) is 0 Å². The van der Waals surface area contributed by atoms with Gasteiger partial charge < -0.3 is 4.74 Å². The van der Waals surface area contributed by atoms with Crippen LogP contribution in [0.5, 0.6) is 5.75 Å². The minimum atomic E-state index is -3.73. The normalized spacial score (nSPS) is 15.1. The molecule has 0 atom stereocenters. The number of hydrogen-bond donors (Lipinski definition) is 2. The smallest absolute Gasteiger partial charge is 0.234 e. The predicted octanol–water partition coefficient (Wildman–Crippen LogP) is 3.01. The molecule has 0 saturated heterocycles. The molecule has 0 spiro atoms. The average molecular weight is 418 g/mol. The number of nitrogens with one attached hydrogen (secondary N) is 2. The Morgan fingerprint density at radius 3 is 2.55 bits per heavy atom. The summed E-state index contributed by atoms with van der Waals surface area (Å²) < 4.78 is 30.7. The van der Waals surface area contributed by atoms with E-state index in [-0.39, 0.29) is 15.8 Å². The van der Waals surface area contributed by atoms with E-state index in [9.17, 15) is 13.2 Å². The number of carbonyl (C=O) groups is 1. The third-order valence-corrected chi connectivity index (χ3v) is 6.83. The summed E-state index contributed by atoms with van der Waals surface area (Å²) in [5.41, 5.74) is 6.31. The van der Waals surface area contributed by atoms with Crippen LogP contribution < -0.4 is 15.6 Å². The molecule has 1 amide bonds. The van der Waals surface area contributed by atoms with Crippen molar-refractivity contribution in [2.24, 2.45) is 5.92 Å². The van der Waals surface area contributed by atoms with Crippen LogP contribution in [0.2, 0.25) is 0 Å². The second-order valence-electron chi connectivity index (χ2n) is 7.29. The van der Waals surface area contributed by atoms with Gasteiger partial charge in [0.1, 0.15) is 5.75 Å². The molecule has 1 heterocycles. The van der Waals surface area contributed by atoms with Crippen LogP contribution in [-0.4, -0.2) is 26.4 Å². The lowest BCUT2D eigenvalue weighted by atomic mass is 9.87. The monoisotopic (exact) mass is 417 g/mol. The topological polar surface area (TPSA) is 97.4 Å². The highest BCUT2D eigenvalue weighted by Crippen LogP contribution is 2.26. The van der Waals surface area contributed by atoms with Crippen LogP contribution in [-0.2, 0) is 21.2 Å². The molecule has 1 aliphatic rings. The fraction of sp³-hybridized carbons (Fsp3) is 0.429. The van der Waals surface area contributed by atoms with E-state index in [1.807, 2.05) is 0 Å². The SMILES string of the molecule is COc1ccc(S(=O)(=O)c2cc(CNNC(=O)CC3CCCCC3)ccn2)cc1. The first-order valence-corrected chi connectivity index (χ1v) is 11.3. The van der Waals surface area contributed by atoms with Gasteiger partial charge in [-0.05, 0) is 60.7 Å². The Kier molecular flexibility index (Phi) is 7.22. The molecular formula is C21H27N3O4S. The number of hydrogen-bond acceptors (Lipinski definition) is 6. The zero-order chi connectivity index (χ0) is 20.7. The molecular weight excluding hydrogens is 390 g/mol. The van der Waals surface area contributed by atoms with Crippen molar-refractivity contribution in [1.82, 2.24) is 15.8 Å². The maximum absolute atomic E-state index is 12.8. The Bertz CT molecular complexity index is 923. The largest absolute Gasteiger partial charge is 0.497 e. The van der Waals surface area contributed by atoms with E-state index >= 15 is 0 Å². The van der Waals surface area contributed by atoms with Crippen LogP contribution in [0.3, 0.4) is 0 Å². The van der Waals surface area contributed by atoms with Crippen LogP contribution >= 0.6 is 0 Å². The van der Waals surface area contributed by atoms with Gasteiger partial charge in [0.05, 0.1) is 12.0 Å². The Balaban J connectivity index is 1.57. The summed E-state index contributed by atoms with van der Waals surface area (Å²) in [6.07, 6.45) is 7.88. The lowest BCUT2D eigenvalue weighted by Gasteiger charge is -2.20. The van der Waals surface area contributed by atoms with Gasteiger partial charge in [0.25, 0.3) is 0 Å². The first-order chi connectivity index (χ1) is 14.0. The fourth-order valence-corrected chi connectivity index (χ4v) is 4.77. The van der Waals surface area contributed by atoms with Crippen LogP contribution in [0.15, 0.2) is 52.5 Å². The molecule has 1 saturated carbocycles. The lowest BCUT2D eigenvalue weighted by molar-refractivity contribution is -0.123. The maximum atomic E-state index is 12.8. The van der Waals surface area contributed by atoms with Gasteiger partial charge in [0.2, 0.25) is 15.7 Å². The zero-order valence-electron chi connectivity index (χ0n) is 16.6. The molecule has 29 heavy (non-hydrogen) atoms. The first kappa shape index (κ1) is 21.3. The number of pyridine rings is 1. The van der Waals surface area contributed by atoms with Crippen molar-refractivity contribution in [2.45, 2.75) is 55.0 Å². The first-order valence-electron chi connectivity index (χ1n) is 9.85. The number of hydrazine groups is 1. The molecule has 7 nitrogen and oxygen atoms in total. The molecule has 1 aromatic carbocycles. The van der Waals surface area contributed by atoms with Crippen molar-refractivity contribution in [3.8, 4) is 5.75 Å². The number of rotatable bonds is 8. The van der Waals surface area contributed by atoms with Crippen LogP contribution in [0.25, 0.3) is 0 Å². The number of sulfone groups is 1. The van der Waals surface area contributed by atoms with Crippen molar-refractivity contribution in [2.75, 3.05) is 7.11 Å². The summed E-state index contributed by atoms with van der Waals surface area (Å²) in [6.45, 7) is 0.310. The number of nitrogens with zero attached hydrogens (tertiary/aromatic N) is 1. The highest BCUT2D eigenvalue weighted by molar-refractivity contribution is 7.91. The summed E-state index contributed by atoms with van der Waals surface area (Å²) in [6, 6.07) is 9.41. The van der Waals surface area contributed by atoms with Crippen LogP contribution in [0, 0.1) is 5.92 Å². The van der Waals surface area contributed by atoms with E-state index in [0.29, 0.717) is 30.2 Å². The van der Waals surface area contributed by atoms with Gasteiger partial charge in [-0.3, -0.25) is 10.2 Å². The number of benzene rings is 1. The third kappa shape index (κ3) is 5.77. The molecule has 0 radical (unpaired) electrons. The Labute approximate surface area is 171 Å². The number of aromatic nitrogens is 1. The van der Waals surface area contributed by atoms with E-state index in [2.05, 4.69) is 15.8 Å². The Morgan fingerprint density at radius 2 is 1.86 bits per heavy atom. The average Bonchev–Trinajstić information content (AvgIpc) is 2.75. The van der Waals surface area contributed by atoms with Crippen LogP contribution in [0.1, 0.15) is 44.1 Å². The van der Waals surface area contributed by atoms with Crippen molar-refractivity contribution < 1.29 is 17.9 Å². The second-order valence-corrected chi connectivity index (χ2v) is 9.19. The summed E-state index contributed by atoms with van der Waals surface area (Å²) in [5, 5.41) is -0.0319. The number of methoxy groups -OCH3 is 1. The third-order valence-electron chi connectivity index (χ3n) is 5.16. The number of ether oxygens (including phenoxy) is 1. The van der Waals surface area contributed by atoms with Gasteiger partial charge in [0, 0.05) is 19.2 Å². The van der Waals surface area contributed by atoms with E-state index in [4.69, 9.17) is 4.74 Å². The van der Waals surface area contributed by atoms with Gasteiger partial charge in [-0.15, -0.1) is 0 Å². The van der Waals surface area contributed by atoms with Gasteiger partial charge >= 0.3 is 0 Å². The molecule has 2 aromatic rings. The standard InChI is InChI=1S/C21H27N3O4S/c1-28-18-7-9-19(10-8-18)29(26,27)21-14-17(11-12-22-21)15-23-24-20(25)13-16-5-3-2-4-6-16/h7-12,14,16,23H,2-6,13,15H2,1H3,(H,24,25).